The van der Waals surface area contributed by atoms with Crippen LogP contribution in [-0.2, 0) is 9.59 Å². The standard InChI is InChI=1S/C18H27N5O3/c1-4-18(2,3)10-21-11-5-6-13(19)12(9-11)17(26)23(20)14-7-8-15(24)22-16(14)25/h5-6,9,14,21H,4,7-8,10,19-20H2,1-3H3,(H,22,24,25). The average Bonchev–Trinajstić information content (AvgIpc) is 2.60. The van der Waals surface area contributed by atoms with Crippen LogP contribution in [0.15, 0.2) is 18.2 Å². The van der Waals surface area contributed by atoms with E-state index in [1.54, 1.807) is 18.2 Å². The van der Waals surface area contributed by atoms with Gasteiger partial charge in [0.2, 0.25) is 5.91 Å². The van der Waals surface area contributed by atoms with Gasteiger partial charge in [-0.15, -0.1) is 0 Å². The minimum Gasteiger partial charge on any atom is -0.398 e. The quantitative estimate of drug-likeness (QED) is 0.198. The van der Waals surface area contributed by atoms with Gasteiger partial charge in [0.05, 0.1) is 5.56 Å². The monoisotopic (exact) mass is 361 g/mol. The van der Waals surface area contributed by atoms with Crippen molar-refractivity contribution in [2.45, 2.75) is 46.1 Å². The maximum absolute atomic E-state index is 12.7. The van der Waals surface area contributed by atoms with Crippen LogP contribution in [0.2, 0.25) is 0 Å². The van der Waals surface area contributed by atoms with Gasteiger partial charge in [-0.1, -0.05) is 20.8 Å². The van der Waals surface area contributed by atoms with Crippen molar-refractivity contribution in [1.29, 1.82) is 0 Å². The molecule has 1 aliphatic heterocycles. The second-order valence-corrected chi connectivity index (χ2v) is 7.35. The molecular formula is C18H27N5O3. The van der Waals surface area contributed by atoms with Gasteiger partial charge in [0.25, 0.3) is 11.8 Å². The highest BCUT2D eigenvalue weighted by molar-refractivity contribution is 6.05. The fourth-order valence-electron chi connectivity index (χ4n) is 2.55. The Morgan fingerprint density at radius 1 is 1.38 bits per heavy atom. The normalized spacial score (nSPS) is 17.6. The van der Waals surface area contributed by atoms with E-state index in [1.165, 1.54) is 0 Å². The molecule has 26 heavy (non-hydrogen) atoms. The molecule has 3 amide bonds. The fraction of sp³-hybridized carbons (Fsp3) is 0.500. The highest BCUT2D eigenvalue weighted by Gasteiger charge is 2.34. The number of amides is 3. The number of nitrogens with one attached hydrogen (secondary N) is 2. The Kier molecular flexibility index (Phi) is 5.86. The van der Waals surface area contributed by atoms with E-state index in [0.717, 1.165) is 23.7 Å². The first-order valence-corrected chi connectivity index (χ1v) is 8.70. The third kappa shape index (κ3) is 4.51. The molecule has 142 valence electrons. The molecule has 1 aliphatic rings. The molecule has 8 nitrogen and oxygen atoms in total. The van der Waals surface area contributed by atoms with Gasteiger partial charge >= 0.3 is 0 Å². The highest BCUT2D eigenvalue weighted by Crippen LogP contribution is 2.24. The molecule has 1 heterocycles. The second-order valence-electron chi connectivity index (χ2n) is 7.35. The summed E-state index contributed by atoms with van der Waals surface area (Å²) in [6.45, 7) is 7.15. The lowest BCUT2D eigenvalue weighted by Crippen LogP contribution is -2.57. The van der Waals surface area contributed by atoms with Crippen molar-refractivity contribution in [2.75, 3.05) is 17.6 Å². The zero-order valence-corrected chi connectivity index (χ0v) is 15.5. The number of piperidine rings is 1. The van der Waals surface area contributed by atoms with Crippen molar-refractivity contribution in [2.24, 2.45) is 11.3 Å². The van der Waals surface area contributed by atoms with Gasteiger partial charge in [-0.3, -0.25) is 24.7 Å². The molecule has 0 saturated carbocycles. The Morgan fingerprint density at radius 3 is 2.69 bits per heavy atom. The van der Waals surface area contributed by atoms with E-state index in [4.69, 9.17) is 11.6 Å². The summed E-state index contributed by atoms with van der Waals surface area (Å²) < 4.78 is 0. The number of hydrogen-bond acceptors (Lipinski definition) is 6. The van der Waals surface area contributed by atoms with Crippen molar-refractivity contribution < 1.29 is 14.4 Å². The van der Waals surface area contributed by atoms with Crippen LogP contribution in [0, 0.1) is 5.41 Å². The zero-order chi connectivity index (χ0) is 19.5. The number of rotatable bonds is 6. The van der Waals surface area contributed by atoms with Crippen molar-refractivity contribution >= 4 is 29.1 Å². The smallest absolute Gasteiger partial charge is 0.270 e. The number of nitrogens with zero attached hydrogens (tertiary/aromatic N) is 1. The van der Waals surface area contributed by atoms with Crippen molar-refractivity contribution in [3.63, 3.8) is 0 Å². The Balaban J connectivity index is 2.16. The van der Waals surface area contributed by atoms with Gasteiger partial charge in [0.1, 0.15) is 6.04 Å². The molecule has 0 spiro atoms. The molecular weight excluding hydrogens is 334 g/mol. The van der Waals surface area contributed by atoms with Crippen LogP contribution in [0.4, 0.5) is 11.4 Å². The Labute approximate surface area is 153 Å². The molecule has 1 saturated heterocycles. The lowest BCUT2D eigenvalue weighted by Gasteiger charge is -2.29. The molecule has 1 atom stereocenters. The number of anilines is 2. The second kappa shape index (κ2) is 7.74. The first-order valence-electron chi connectivity index (χ1n) is 8.70. The summed E-state index contributed by atoms with van der Waals surface area (Å²) in [4.78, 5) is 35.9. The van der Waals surface area contributed by atoms with Crippen LogP contribution in [0.5, 0.6) is 0 Å². The summed E-state index contributed by atoms with van der Waals surface area (Å²) in [5, 5.41) is 6.35. The Morgan fingerprint density at radius 2 is 2.08 bits per heavy atom. The molecule has 0 radical (unpaired) electrons. The van der Waals surface area contributed by atoms with E-state index in [9.17, 15) is 14.4 Å². The number of nitrogens with two attached hydrogens (primary N) is 2. The van der Waals surface area contributed by atoms with Gasteiger partial charge in [-0.25, -0.2) is 5.84 Å². The number of hydrazine groups is 1. The molecule has 1 fully saturated rings. The number of benzene rings is 1. The predicted octanol–water partition coefficient (Wildman–Crippen LogP) is 1.24. The molecule has 2 rings (SSSR count). The van der Waals surface area contributed by atoms with E-state index in [1.807, 2.05) is 0 Å². The molecule has 1 unspecified atom stereocenters. The molecule has 1 aromatic rings. The lowest BCUT2D eigenvalue weighted by atomic mass is 9.90. The van der Waals surface area contributed by atoms with Crippen LogP contribution in [0.1, 0.15) is 50.4 Å². The van der Waals surface area contributed by atoms with E-state index in [-0.39, 0.29) is 35.4 Å². The highest BCUT2D eigenvalue weighted by atomic mass is 16.2. The van der Waals surface area contributed by atoms with E-state index in [0.29, 0.717) is 0 Å². The SMILES string of the molecule is CCC(C)(C)CNc1ccc(N)c(C(=O)N(N)C2CCC(=O)NC2=O)c1. The van der Waals surface area contributed by atoms with Crippen molar-refractivity contribution in [3.8, 4) is 0 Å². The summed E-state index contributed by atoms with van der Waals surface area (Å²) in [5.74, 6) is 4.38. The van der Waals surface area contributed by atoms with E-state index in [2.05, 4.69) is 31.4 Å². The van der Waals surface area contributed by atoms with Crippen LogP contribution in [-0.4, -0.2) is 35.3 Å². The largest absolute Gasteiger partial charge is 0.398 e. The number of carbonyl (C=O) groups is 3. The van der Waals surface area contributed by atoms with Gasteiger partial charge in [-0.2, -0.15) is 0 Å². The lowest BCUT2D eigenvalue weighted by molar-refractivity contribution is -0.136. The molecule has 0 aromatic heterocycles. The third-order valence-electron chi connectivity index (χ3n) is 4.79. The van der Waals surface area contributed by atoms with Crippen molar-refractivity contribution in [1.82, 2.24) is 10.3 Å². The molecule has 6 N–H and O–H groups in total. The van der Waals surface area contributed by atoms with Gasteiger partial charge in [0.15, 0.2) is 0 Å². The minimum atomic E-state index is -0.893. The molecule has 0 aliphatic carbocycles. The van der Waals surface area contributed by atoms with Crippen LogP contribution in [0.25, 0.3) is 0 Å². The summed E-state index contributed by atoms with van der Waals surface area (Å²) in [7, 11) is 0. The summed E-state index contributed by atoms with van der Waals surface area (Å²) in [5.41, 5.74) is 7.29. The summed E-state index contributed by atoms with van der Waals surface area (Å²) in [6, 6.07) is 4.17. The van der Waals surface area contributed by atoms with E-state index >= 15 is 0 Å². The predicted molar refractivity (Wildman–Crippen MR) is 99.9 cm³/mol. The minimum absolute atomic E-state index is 0.109. The summed E-state index contributed by atoms with van der Waals surface area (Å²) >= 11 is 0. The first-order chi connectivity index (χ1) is 12.1. The maximum atomic E-state index is 12.7. The molecule has 8 heteroatoms. The number of carbonyl (C=O) groups excluding carboxylic acids is 3. The average molecular weight is 361 g/mol. The number of imide groups is 1. The summed E-state index contributed by atoms with van der Waals surface area (Å²) in [6.07, 6.45) is 1.34. The fourth-order valence-corrected chi connectivity index (χ4v) is 2.55. The van der Waals surface area contributed by atoms with Crippen molar-refractivity contribution in [3.05, 3.63) is 23.8 Å². The zero-order valence-electron chi connectivity index (χ0n) is 15.5. The third-order valence-corrected chi connectivity index (χ3v) is 4.79. The van der Waals surface area contributed by atoms with Gasteiger partial charge < -0.3 is 11.1 Å². The van der Waals surface area contributed by atoms with Gasteiger partial charge in [0, 0.05) is 24.3 Å². The Bertz CT molecular complexity index is 717. The van der Waals surface area contributed by atoms with Gasteiger partial charge in [-0.05, 0) is 36.5 Å². The topological polar surface area (TPSA) is 131 Å². The molecule has 1 aromatic carbocycles. The maximum Gasteiger partial charge on any atom is 0.270 e. The van der Waals surface area contributed by atoms with E-state index < -0.39 is 17.9 Å². The van der Waals surface area contributed by atoms with Crippen LogP contribution in [0.3, 0.4) is 0 Å². The number of hydrogen-bond donors (Lipinski definition) is 4. The van der Waals surface area contributed by atoms with Crippen LogP contribution >= 0.6 is 0 Å². The number of nitrogen functional groups attached to an aromatic ring is 1. The Hall–Kier alpha value is -2.61. The molecule has 0 bridgehead atoms. The van der Waals surface area contributed by atoms with Crippen LogP contribution < -0.4 is 22.2 Å². The first kappa shape index (κ1) is 19.7.